The average Bonchev–Trinajstić information content (AvgIpc) is 2.02. The summed E-state index contributed by atoms with van der Waals surface area (Å²) in [6.45, 7) is 36.8. The maximum Gasteiger partial charge on any atom is 2.00 e. The van der Waals surface area contributed by atoms with Crippen LogP contribution in [-0.4, -0.2) is 267 Å². The molecule has 4 aliphatic carbocycles. The van der Waals surface area contributed by atoms with Gasteiger partial charge in [0, 0.05) is 22.6 Å². The predicted molar refractivity (Wildman–Crippen MR) is 427 cm³/mol. The van der Waals surface area contributed by atoms with Crippen molar-refractivity contribution in [1.82, 2.24) is 0 Å². The van der Waals surface area contributed by atoms with Crippen molar-refractivity contribution in [2.24, 2.45) is 0 Å². The van der Waals surface area contributed by atoms with Gasteiger partial charge in [0.15, 0.2) is 28.9 Å². The number of aliphatic hydroxyl groups is 8. The molecule has 0 aromatic heterocycles. The first-order valence-corrected chi connectivity index (χ1v) is 45.0. The predicted octanol–water partition coefficient (Wildman–Crippen LogP) is 10.7. The van der Waals surface area contributed by atoms with Gasteiger partial charge in [-0.25, -0.2) is 16.7 Å². The Morgan fingerprint density at radius 2 is 0.532 bits per heavy atom. The fourth-order valence-electron chi connectivity index (χ4n) is 16.5. The minimum Gasteiger partial charge on any atom is -0.394 e. The minimum absolute atomic E-state index is 0. The smallest absolute Gasteiger partial charge is 0.394 e. The van der Waals surface area contributed by atoms with E-state index in [0.717, 1.165) is 45.3 Å². The Bertz CT molecular complexity index is 2490. The van der Waals surface area contributed by atoms with E-state index in [-0.39, 0.29) is 91.3 Å². The number of hydrogen-bond acceptors (Lipinski definition) is 26. The molecule has 9 aliphatic heterocycles. The second kappa shape index (κ2) is 47.3. The van der Waals surface area contributed by atoms with Crippen LogP contribution < -0.4 is 0 Å². The Hall–Kier alpha value is 1.78. The van der Waals surface area contributed by atoms with Gasteiger partial charge < -0.3 is 118 Å². The van der Waals surface area contributed by atoms with Crippen molar-refractivity contribution in [3.8, 4) is 0 Å². The van der Waals surface area contributed by atoms with Crippen molar-refractivity contribution in [2.45, 2.75) is 437 Å². The van der Waals surface area contributed by atoms with E-state index in [0.29, 0.717) is 24.4 Å². The van der Waals surface area contributed by atoms with Crippen molar-refractivity contribution in [2.75, 3.05) is 13.2 Å². The molecule has 26 atom stereocenters. The van der Waals surface area contributed by atoms with E-state index in [1.165, 1.54) is 103 Å². The number of rotatable bonds is 9. The van der Waals surface area contributed by atoms with E-state index in [1.54, 1.807) is 83.1 Å². The molecule has 0 bridgehead atoms. The van der Waals surface area contributed by atoms with E-state index in [1.807, 2.05) is 0 Å². The summed E-state index contributed by atoms with van der Waals surface area (Å²) >= 11 is 0. The molecule has 0 spiro atoms. The third-order valence-corrected chi connectivity index (χ3v) is 32.4. The van der Waals surface area contributed by atoms with Gasteiger partial charge in [-0.15, -0.1) is 18.5 Å². The van der Waals surface area contributed by atoms with Crippen molar-refractivity contribution in [1.29, 1.82) is 0 Å². The Kier molecular flexibility index (Phi) is 48.0. The molecule has 4 saturated carbocycles. The van der Waals surface area contributed by atoms with Crippen LogP contribution in [0.4, 0.5) is 0 Å². The van der Waals surface area contributed by atoms with Crippen LogP contribution >= 0.6 is 34.3 Å². The SMILES string of the molecule is C[C@@H](O)[C@H]1OC(C)(C)O[C@@H]1[C@@H](C)O.C[C@H]1OS(=O)(=O)O[C@H](C)[C@H]2OC(C)(C)O[C@@H]21.C[C@H]1OS(=O)(=O)O[C@H](C)[C@H]2OC(C)(C)O[C@@H]21.C[C@H]1[C@H]2OC(C)(C)O[C@@H]2[C@H](C)P1C1CCCC1.C[C@H]1[C@H]2OC(C)(C)O[C@@H]2[C@H](C)P1C1CCCC1.OC[C@@H](O)[C@@H](O)[C@H](O)[C@H](O)CO.PC1CCCC1.PC1CCCC1.[CH3-].[CH3-].[CH3-].[CH3-].[Fe+2].[Fe+2]. The first-order chi connectivity index (χ1) is 47.6. The molecule has 0 aromatic carbocycles. The van der Waals surface area contributed by atoms with Crippen LogP contribution in [0.3, 0.4) is 0 Å². The molecule has 13 rings (SSSR count). The van der Waals surface area contributed by atoms with Gasteiger partial charge in [0.1, 0.15) is 85.5 Å². The van der Waals surface area contributed by atoms with Crippen LogP contribution in [-0.2, 0) is 119 Å². The van der Waals surface area contributed by atoms with Crippen LogP contribution in [0, 0.1) is 29.7 Å². The van der Waals surface area contributed by atoms with E-state index in [2.05, 4.69) is 73.9 Å². The molecule has 0 radical (unpaired) electrons. The summed E-state index contributed by atoms with van der Waals surface area (Å²) in [6.07, 6.45) is 11.9. The second-order valence-corrected chi connectivity index (χ2v) is 43.4. The topological polar surface area (TPSA) is 359 Å². The van der Waals surface area contributed by atoms with Gasteiger partial charge in [0.05, 0.1) is 49.8 Å². The molecule has 0 amide bonds. The van der Waals surface area contributed by atoms with Gasteiger partial charge in [0.25, 0.3) is 0 Å². The summed E-state index contributed by atoms with van der Waals surface area (Å²) < 4.78 is 123. The maximum atomic E-state index is 11.3. The fourth-order valence-corrected chi connectivity index (χ4v) is 27.8. The molecule has 652 valence electrons. The van der Waals surface area contributed by atoms with Gasteiger partial charge in [-0.3, -0.25) is 0 Å². The van der Waals surface area contributed by atoms with E-state index in [4.69, 9.17) is 94.7 Å². The van der Waals surface area contributed by atoms with Crippen LogP contribution in [0.25, 0.3) is 0 Å². The summed E-state index contributed by atoms with van der Waals surface area (Å²) in [7, 11) is -1.96. The molecule has 9 heterocycles. The minimum atomic E-state index is -3.96. The van der Waals surface area contributed by atoms with E-state index < -0.39 is 149 Å². The normalized spacial score (nSPS) is 38.7. The first-order valence-electron chi connectivity index (χ1n) is 37.9. The average molecular weight is 1770 g/mol. The molecule has 0 aromatic rings. The van der Waals surface area contributed by atoms with Crippen molar-refractivity contribution in [3.05, 3.63) is 29.7 Å². The largest absolute Gasteiger partial charge is 2.00 e. The number of fused-ring (bicyclic) bond motifs is 4. The summed E-state index contributed by atoms with van der Waals surface area (Å²) in [4.78, 5) is 0. The molecule has 13 aliphatic rings. The number of aliphatic hydroxyl groups excluding tert-OH is 8. The zero-order valence-corrected chi connectivity index (χ0v) is 77.8. The number of hydrogen-bond donors (Lipinski definition) is 8. The summed E-state index contributed by atoms with van der Waals surface area (Å²) in [5.74, 6) is -2.91. The van der Waals surface area contributed by atoms with Crippen molar-refractivity contribution >= 4 is 55.1 Å². The third kappa shape index (κ3) is 32.0. The molecule has 34 heteroatoms. The summed E-state index contributed by atoms with van der Waals surface area (Å²) in [5, 5.41) is 71.0. The summed E-state index contributed by atoms with van der Waals surface area (Å²) in [5.41, 5.74) is 6.84. The second-order valence-electron chi connectivity index (χ2n) is 32.6. The van der Waals surface area contributed by atoms with Gasteiger partial charge in [0.2, 0.25) is 0 Å². The standard InChI is InChI=1S/2C14H25O2P.2C9H16O6S.C9H18O4.C6H14O6.2C5H11P.4CH3.2Fe/c2*1-9-12-13(16-14(3,4)15-12)10(2)17(9)11-7-5-6-8-11;2*1-5-7-8(13-9(3,4)12-7)6(2)15-16(10,11)14-5;1-5(10)7-8(6(2)11)13-9(3,4)12-7;7-1-3(9)5(11)6(12)4(10)2-8;2*6-5-3-1-2-4-5;;;;;;/h2*9-13H,5-8H2,1-4H3;2*5-8H,1-4H3;5-8,10-11H,1-4H3;3-12H,1-2H2;2*5H,1-4,6H2;4*1H3;;/q;;;;;;;;4*-1;2*+2/t2*9-,10-,12+,13+;3*5-,6-,7-,8-;3-,4-,5-,6-;;;;;;;;/m001111......../s1. The Labute approximate surface area is 687 Å². The molecule has 8 N–H and O–H groups in total. The van der Waals surface area contributed by atoms with E-state index >= 15 is 0 Å². The molecule has 26 nitrogen and oxygen atoms in total. The Morgan fingerprint density at radius 1 is 0.349 bits per heavy atom. The Morgan fingerprint density at radius 3 is 0.706 bits per heavy atom. The van der Waals surface area contributed by atoms with Crippen LogP contribution in [0.2, 0.25) is 0 Å². The van der Waals surface area contributed by atoms with Crippen LogP contribution in [0.1, 0.15) is 241 Å². The van der Waals surface area contributed by atoms with Gasteiger partial charge >= 0.3 is 54.9 Å². The molecule has 109 heavy (non-hydrogen) atoms. The maximum absolute atomic E-state index is 11.3. The van der Waals surface area contributed by atoms with Crippen molar-refractivity contribution in [3.63, 3.8) is 0 Å². The van der Waals surface area contributed by atoms with Crippen molar-refractivity contribution < 1.29 is 156 Å². The van der Waals surface area contributed by atoms with E-state index in [9.17, 15) is 27.0 Å². The quantitative estimate of drug-likeness (QED) is 0.0604. The van der Waals surface area contributed by atoms with Crippen LogP contribution in [0.15, 0.2) is 0 Å². The van der Waals surface area contributed by atoms with Gasteiger partial charge in [-0.2, -0.15) is 16.8 Å². The van der Waals surface area contributed by atoms with Gasteiger partial charge in [-0.05, 0) is 185 Å². The molecule has 2 unspecified atom stereocenters. The monoisotopic (exact) mass is 1760 g/mol. The van der Waals surface area contributed by atoms with Crippen LogP contribution in [0.5, 0.6) is 0 Å². The zero-order valence-electron chi connectivity index (χ0n) is 69.9. The third-order valence-electron chi connectivity index (χ3n) is 21.3. The molecular weight excluding hydrogens is 1620 g/mol. The van der Waals surface area contributed by atoms with Gasteiger partial charge in [-0.1, -0.05) is 94.9 Å². The first kappa shape index (κ1) is 111. The Balaban J connectivity index is 0.00000124. The zero-order chi connectivity index (χ0) is 77.4. The molecule has 9 saturated heterocycles. The molecular formula is C75H148Fe2O26P4S2. The molecule has 13 fully saturated rings. The number of ether oxygens (including phenoxy) is 10. The fraction of sp³-hybridized carbons (Fsp3) is 0.947. The summed E-state index contributed by atoms with van der Waals surface area (Å²) in [6, 6.07) is 0.